The fourth-order valence-corrected chi connectivity index (χ4v) is 2.50. The molecule has 1 atom stereocenters. The van der Waals surface area contributed by atoms with E-state index < -0.39 is 0 Å². The zero-order chi connectivity index (χ0) is 13.8. The number of rotatable bonds is 4. The van der Waals surface area contributed by atoms with Crippen molar-refractivity contribution in [1.82, 2.24) is 4.90 Å². The van der Waals surface area contributed by atoms with Crippen molar-refractivity contribution in [1.29, 1.82) is 0 Å². The van der Waals surface area contributed by atoms with Crippen molar-refractivity contribution in [2.24, 2.45) is 0 Å². The lowest BCUT2D eigenvalue weighted by atomic mass is 10.1. The average molecular weight is 386 g/mol. The molecule has 0 radical (unpaired) electrons. The van der Waals surface area contributed by atoms with Crippen LogP contribution < -0.4 is 0 Å². The summed E-state index contributed by atoms with van der Waals surface area (Å²) in [4.78, 5) is 2.34. The number of hydrogen-bond donors (Lipinski definition) is 0. The van der Waals surface area contributed by atoms with Gasteiger partial charge in [0, 0.05) is 21.2 Å². The molecular weight excluding hydrogens is 369 g/mol. The van der Waals surface area contributed by atoms with Gasteiger partial charge in [-0.2, -0.15) is 0 Å². The Morgan fingerprint density at radius 1 is 1.05 bits per heavy atom. The van der Waals surface area contributed by atoms with Crippen molar-refractivity contribution < 1.29 is 0 Å². The highest BCUT2D eigenvalue weighted by atomic mass is 127. The molecule has 1 nitrogen and oxygen atoms in total. The Bertz CT molecular complexity index is 521. The molecule has 0 N–H and O–H groups in total. The molecule has 0 saturated heterocycles. The summed E-state index contributed by atoms with van der Waals surface area (Å²) in [5.74, 6) is 0. The van der Waals surface area contributed by atoms with Crippen molar-refractivity contribution in [3.8, 4) is 0 Å². The molecule has 3 heteroatoms. The van der Waals surface area contributed by atoms with Gasteiger partial charge < -0.3 is 0 Å². The van der Waals surface area contributed by atoms with E-state index in [1.807, 2.05) is 12.1 Å². The van der Waals surface area contributed by atoms with Gasteiger partial charge in [0.1, 0.15) is 0 Å². The fraction of sp³-hybridized carbons (Fsp3) is 0.250. The number of benzene rings is 2. The van der Waals surface area contributed by atoms with Gasteiger partial charge in [-0.1, -0.05) is 35.9 Å². The number of nitrogens with zero attached hydrogens (tertiary/aromatic N) is 1. The predicted molar refractivity (Wildman–Crippen MR) is 90.5 cm³/mol. The topological polar surface area (TPSA) is 3.24 Å². The molecule has 0 fully saturated rings. The van der Waals surface area contributed by atoms with E-state index in [1.54, 1.807) is 0 Å². The summed E-state index contributed by atoms with van der Waals surface area (Å²) < 4.78 is 1.27. The zero-order valence-electron chi connectivity index (χ0n) is 11.1. The monoisotopic (exact) mass is 385 g/mol. The molecule has 0 aliphatic rings. The summed E-state index contributed by atoms with van der Waals surface area (Å²) in [5, 5.41) is 0.788. The molecule has 0 saturated carbocycles. The fourth-order valence-electron chi connectivity index (χ4n) is 2.01. The minimum atomic E-state index is 0.372. The van der Waals surface area contributed by atoms with Crippen LogP contribution in [-0.2, 0) is 6.54 Å². The van der Waals surface area contributed by atoms with Crippen LogP contribution in [0.25, 0.3) is 0 Å². The molecule has 0 bridgehead atoms. The molecule has 19 heavy (non-hydrogen) atoms. The van der Waals surface area contributed by atoms with Gasteiger partial charge in [0.2, 0.25) is 0 Å². The van der Waals surface area contributed by atoms with Crippen molar-refractivity contribution >= 4 is 34.2 Å². The minimum absolute atomic E-state index is 0.372. The van der Waals surface area contributed by atoms with Gasteiger partial charge in [-0.15, -0.1) is 0 Å². The molecule has 0 aliphatic carbocycles. The first-order valence-electron chi connectivity index (χ1n) is 6.26. The summed E-state index contributed by atoms with van der Waals surface area (Å²) in [6, 6.07) is 17.1. The van der Waals surface area contributed by atoms with Crippen LogP contribution in [0, 0.1) is 3.57 Å². The van der Waals surface area contributed by atoms with Crippen molar-refractivity contribution in [3.05, 3.63) is 68.3 Å². The second-order valence-electron chi connectivity index (χ2n) is 4.77. The van der Waals surface area contributed by atoms with Gasteiger partial charge in [0.25, 0.3) is 0 Å². The van der Waals surface area contributed by atoms with E-state index in [9.17, 15) is 0 Å². The summed E-state index contributed by atoms with van der Waals surface area (Å²) >= 11 is 8.26. The van der Waals surface area contributed by atoms with Crippen LogP contribution in [-0.4, -0.2) is 11.9 Å². The average Bonchev–Trinajstić information content (AvgIpc) is 2.41. The quantitative estimate of drug-likeness (QED) is 0.659. The van der Waals surface area contributed by atoms with Gasteiger partial charge in [-0.05, 0) is 72.0 Å². The van der Waals surface area contributed by atoms with Gasteiger partial charge >= 0.3 is 0 Å². The Morgan fingerprint density at radius 2 is 1.63 bits per heavy atom. The molecule has 2 aromatic carbocycles. The van der Waals surface area contributed by atoms with E-state index in [-0.39, 0.29) is 0 Å². The zero-order valence-corrected chi connectivity index (χ0v) is 14.0. The Hall–Kier alpha value is -0.580. The lowest BCUT2D eigenvalue weighted by Crippen LogP contribution is -2.21. The normalized spacial score (nSPS) is 12.7. The molecule has 100 valence electrons. The maximum atomic E-state index is 5.93. The third-order valence-electron chi connectivity index (χ3n) is 3.36. The smallest absolute Gasteiger partial charge is 0.0406 e. The highest BCUT2D eigenvalue weighted by Gasteiger charge is 2.11. The third kappa shape index (κ3) is 4.20. The lowest BCUT2D eigenvalue weighted by molar-refractivity contribution is 0.253. The van der Waals surface area contributed by atoms with Crippen LogP contribution in [0.2, 0.25) is 5.02 Å². The summed E-state index contributed by atoms with van der Waals surface area (Å²) in [5.41, 5.74) is 2.63. The molecule has 0 heterocycles. The highest BCUT2D eigenvalue weighted by Crippen LogP contribution is 2.22. The van der Waals surface area contributed by atoms with Crippen LogP contribution >= 0.6 is 34.2 Å². The first-order chi connectivity index (χ1) is 9.06. The molecule has 0 aliphatic heterocycles. The van der Waals surface area contributed by atoms with Crippen LogP contribution in [0.3, 0.4) is 0 Å². The molecule has 0 spiro atoms. The van der Waals surface area contributed by atoms with Crippen molar-refractivity contribution in [2.45, 2.75) is 19.5 Å². The number of hydrogen-bond acceptors (Lipinski definition) is 1. The molecule has 0 amide bonds. The first-order valence-corrected chi connectivity index (χ1v) is 7.72. The summed E-state index contributed by atoms with van der Waals surface area (Å²) in [7, 11) is 2.15. The van der Waals surface area contributed by atoms with E-state index in [0.717, 1.165) is 11.6 Å². The predicted octanol–water partition coefficient (Wildman–Crippen LogP) is 5.14. The second kappa shape index (κ2) is 6.73. The molecule has 1 unspecified atom stereocenters. The van der Waals surface area contributed by atoms with Gasteiger partial charge in [0.05, 0.1) is 0 Å². The Kier molecular flexibility index (Phi) is 5.25. The highest BCUT2D eigenvalue weighted by molar-refractivity contribution is 14.1. The molecule has 2 rings (SSSR count). The van der Waals surface area contributed by atoms with E-state index in [0.29, 0.717) is 6.04 Å². The standard InChI is InChI=1S/C16H17ClIN/c1-12(14-5-7-15(17)8-6-14)19(2)11-13-3-9-16(18)10-4-13/h3-10,12H,11H2,1-2H3. The second-order valence-corrected chi connectivity index (χ2v) is 6.45. The largest absolute Gasteiger partial charge is 0.295 e. The first kappa shape index (κ1) is 14.8. The summed E-state index contributed by atoms with van der Waals surface area (Å²) in [6.07, 6.45) is 0. The Morgan fingerprint density at radius 3 is 2.21 bits per heavy atom. The van der Waals surface area contributed by atoms with Crippen molar-refractivity contribution in [3.63, 3.8) is 0 Å². The third-order valence-corrected chi connectivity index (χ3v) is 4.33. The van der Waals surface area contributed by atoms with Crippen LogP contribution in [0.5, 0.6) is 0 Å². The Balaban J connectivity index is 2.04. The van der Waals surface area contributed by atoms with Crippen LogP contribution in [0.4, 0.5) is 0 Å². The van der Waals surface area contributed by atoms with E-state index in [4.69, 9.17) is 11.6 Å². The maximum Gasteiger partial charge on any atom is 0.0406 e. The molecule has 0 aromatic heterocycles. The van der Waals surface area contributed by atoms with E-state index >= 15 is 0 Å². The molecule has 2 aromatic rings. The molecular formula is C16H17ClIN. The van der Waals surface area contributed by atoms with Gasteiger partial charge in [0.15, 0.2) is 0 Å². The van der Waals surface area contributed by atoms with Gasteiger partial charge in [-0.25, -0.2) is 0 Å². The van der Waals surface area contributed by atoms with Crippen LogP contribution in [0.15, 0.2) is 48.5 Å². The van der Waals surface area contributed by atoms with Gasteiger partial charge in [-0.3, -0.25) is 4.90 Å². The van der Waals surface area contributed by atoms with Crippen molar-refractivity contribution in [2.75, 3.05) is 7.05 Å². The van der Waals surface area contributed by atoms with Crippen LogP contribution in [0.1, 0.15) is 24.1 Å². The number of halogens is 2. The lowest BCUT2D eigenvalue weighted by Gasteiger charge is -2.25. The summed E-state index contributed by atoms with van der Waals surface area (Å²) in [6.45, 7) is 3.16. The minimum Gasteiger partial charge on any atom is -0.295 e. The van der Waals surface area contributed by atoms with E-state index in [1.165, 1.54) is 14.7 Å². The van der Waals surface area contributed by atoms with E-state index in [2.05, 4.69) is 77.9 Å². The Labute approximate surface area is 133 Å². The SMILES string of the molecule is CC(c1ccc(Cl)cc1)N(C)Cc1ccc(I)cc1. The maximum absolute atomic E-state index is 5.93.